The van der Waals surface area contributed by atoms with Gasteiger partial charge in [-0.15, -0.1) is 11.3 Å². The van der Waals surface area contributed by atoms with E-state index in [1.807, 2.05) is 13.0 Å². The van der Waals surface area contributed by atoms with Crippen LogP contribution in [0, 0.1) is 6.92 Å². The lowest BCUT2D eigenvalue weighted by Gasteiger charge is -2.09. The van der Waals surface area contributed by atoms with Crippen molar-refractivity contribution in [1.29, 1.82) is 0 Å². The Labute approximate surface area is 130 Å². The van der Waals surface area contributed by atoms with E-state index in [-0.39, 0.29) is 25.1 Å². The van der Waals surface area contributed by atoms with Crippen molar-refractivity contribution in [2.75, 3.05) is 6.54 Å². The Bertz CT molecular complexity index is 778. The quantitative estimate of drug-likeness (QED) is 0.823. The minimum absolute atomic E-state index is 0.0378. The zero-order valence-corrected chi connectivity index (χ0v) is 13.2. The summed E-state index contributed by atoms with van der Waals surface area (Å²) in [5, 5.41) is 11.5. The molecule has 0 unspecified atom stereocenters. The van der Waals surface area contributed by atoms with Crippen LogP contribution in [0.3, 0.4) is 0 Å². The first-order valence-electron chi connectivity index (χ1n) is 6.90. The summed E-state index contributed by atoms with van der Waals surface area (Å²) >= 11 is 1.48. The number of rotatable bonds is 6. The highest BCUT2D eigenvalue weighted by molar-refractivity contribution is 7.18. The first kappa shape index (κ1) is 16.2. The Morgan fingerprint density at radius 2 is 2.18 bits per heavy atom. The van der Waals surface area contributed by atoms with Gasteiger partial charge in [-0.1, -0.05) is 6.92 Å². The van der Waals surface area contributed by atoms with Gasteiger partial charge in [-0.2, -0.15) is 0 Å². The maximum Gasteiger partial charge on any atom is 0.305 e. The summed E-state index contributed by atoms with van der Waals surface area (Å²) < 4.78 is 1.31. The van der Waals surface area contributed by atoms with Gasteiger partial charge in [-0.05, 0) is 19.4 Å². The zero-order valence-electron chi connectivity index (χ0n) is 12.4. The molecule has 0 spiro atoms. The highest BCUT2D eigenvalue weighted by Crippen LogP contribution is 2.21. The third-order valence-corrected chi connectivity index (χ3v) is 4.38. The number of thiophene rings is 1. The lowest BCUT2D eigenvalue weighted by atomic mass is 10.3. The number of aliphatic carboxylic acids is 1. The molecule has 0 aliphatic rings. The predicted octanol–water partition coefficient (Wildman–Crippen LogP) is 0.920. The average molecular weight is 323 g/mol. The van der Waals surface area contributed by atoms with Crippen LogP contribution in [0.4, 0.5) is 0 Å². The van der Waals surface area contributed by atoms with Gasteiger partial charge in [0.2, 0.25) is 5.91 Å². The van der Waals surface area contributed by atoms with Crippen molar-refractivity contribution < 1.29 is 14.7 Å². The Morgan fingerprint density at radius 3 is 2.82 bits per heavy atom. The first-order valence-corrected chi connectivity index (χ1v) is 7.72. The maximum absolute atomic E-state index is 12.5. The standard InChI is InChI=1S/C14H17N3O4S/c1-3-9-6-10-13(22-9)16-8(2)17(14(10)21)7-11(18)15-5-4-12(19)20/h6H,3-5,7H2,1-2H3,(H,15,18)(H,19,20). The lowest BCUT2D eigenvalue weighted by Crippen LogP contribution is -2.34. The second kappa shape index (κ2) is 6.69. The van der Waals surface area contributed by atoms with Crippen LogP contribution in [-0.4, -0.2) is 33.1 Å². The van der Waals surface area contributed by atoms with Crippen molar-refractivity contribution in [2.24, 2.45) is 0 Å². The van der Waals surface area contributed by atoms with Crippen molar-refractivity contribution >= 4 is 33.4 Å². The molecule has 0 fully saturated rings. The molecular formula is C14H17N3O4S. The van der Waals surface area contributed by atoms with Gasteiger partial charge in [0, 0.05) is 11.4 Å². The van der Waals surface area contributed by atoms with E-state index < -0.39 is 11.9 Å². The first-order chi connectivity index (χ1) is 10.4. The molecule has 8 heteroatoms. The average Bonchev–Trinajstić information content (AvgIpc) is 2.86. The fraction of sp³-hybridized carbons (Fsp3) is 0.429. The molecule has 2 aromatic rings. The van der Waals surface area contributed by atoms with E-state index in [1.54, 1.807) is 6.92 Å². The second-order valence-corrected chi connectivity index (χ2v) is 5.94. The number of carbonyl (C=O) groups is 2. The molecule has 0 bridgehead atoms. The van der Waals surface area contributed by atoms with E-state index in [1.165, 1.54) is 15.9 Å². The normalized spacial score (nSPS) is 10.8. The molecule has 2 heterocycles. The van der Waals surface area contributed by atoms with Crippen molar-refractivity contribution in [2.45, 2.75) is 33.2 Å². The fourth-order valence-electron chi connectivity index (χ4n) is 2.04. The number of hydrogen-bond acceptors (Lipinski definition) is 5. The molecule has 0 radical (unpaired) electrons. The Balaban J connectivity index is 2.22. The molecule has 2 aromatic heterocycles. The number of nitrogens with one attached hydrogen (secondary N) is 1. The van der Waals surface area contributed by atoms with Gasteiger partial charge in [0.1, 0.15) is 17.2 Å². The molecule has 0 saturated carbocycles. The van der Waals surface area contributed by atoms with Crippen LogP contribution in [0.25, 0.3) is 10.2 Å². The molecule has 118 valence electrons. The van der Waals surface area contributed by atoms with E-state index in [0.29, 0.717) is 16.0 Å². The summed E-state index contributed by atoms with van der Waals surface area (Å²) in [6.07, 6.45) is 0.677. The van der Waals surface area contributed by atoms with Crippen molar-refractivity contribution in [3.63, 3.8) is 0 Å². The van der Waals surface area contributed by atoms with E-state index in [9.17, 15) is 14.4 Å². The number of nitrogens with zero attached hydrogens (tertiary/aromatic N) is 2. The summed E-state index contributed by atoms with van der Waals surface area (Å²) in [4.78, 5) is 40.8. The minimum atomic E-state index is -0.984. The van der Waals surface area contributed by atoms with E-state index in [0.717, 1.165) is 11.3 Å². The number of hydrogen-bond donors (Lipinski definition) is 2. The van der Waals surface area contributed by atoms with Crippen LogP contribution >= 0.6 is 11.3 Å². The Hall–Kier alpha value is -2.22. The third-order valence-electron chi connectivity index (χ3n) is 3.20. The van der Waals surface area contributed by atoms with E-state index in [2.05, 4.69) is 10.3 Å². The molecule has 1 amide bonds. The summed E-state index contributed by atoms with van der Waals surface area (Å²) in [6.45, 7) is 3.56. The van der Waals surface area contributed by atoms with Crippen molar-refractivity contribution in [1.82, 2.24) is 14.9 Å². The number of fused-ring (bicyclic) bond motifs is 1. The molecule has 2 N–H and O–H groups in total. The van der Waals surface area contributed by atoms with Crippen LogP contribution in [0.15, 0.2) is 10.9 Å². The molecule has 0 aliphatic carbocycles. The number of amides is 1. The maximum atomic E-state index is 12.5. The molecular weight excluding hydrogens is 306 g/mol. The van der Waals surface area contributed by atoms with Gasteiger partial charge >= 0.3 is 5.97 Å². The summed E-state index contributed by atoms with van der Waals surface area (Å²) in [7, 11) is 0. The Morgan fingerprint density at radius 1 is 1.45 bits per heavy atom. The van der Waals surface area contributed by atoms with Crippen LogP contribution in [0.2, 0.25) is 0 Å². The van der Waals surface area contributed by atoms with Gasteiger partial charge in [-0.25, -0.2) is 4.98 Å². The van der Waals surface area contributed by atoms with Crippen LogP contribution in [0.5, 0.6) is 0 Å². The summed E-state index contributed by atoms with van der Waals surface area (Å²) in [5.41, 5.74) is -0.244. The molecule has 0 saturated heterocycles. The summed E-state index contributed by atoms with van der Waals surface area (Å²) in [6, 6.07) is 1.81. The van der Waals surface area contributed by atoms with Gasteiger partial charge in [0.15, 0.2) is 0 Å². The lowest BCUT2D eigenvalue weighted by molar-refractivity contribution is -0.136. The van der Waals surface area contributed by atoms with Crippen LogP contribution < -0.4 is 10.9 Å². The third kappa shape index (κ3) is 3.51. The van der Waals surface area contributed by atoms with Crippen LogP contribution in [0.1, 0.15) is 24.0 Å². The molecule has 7 nitrogen and oxygen atoms in total. The highest BCUT2D eigenvalue weighted by atomic mass is 32.1. The monoisotopic (exact) mass is 323 g/mol. The summed E-state index contributed by atoms with van der Waals surface area (Å²) in [5.74, 6) is -0.920. The number of aryl methyl sites for hydroxylation is 2. The zero-order chi connectivity index (χ0) is 16.3. The van der Waals surface area contributed by atoms with E-state index >= 15 is 0 Å². The van der Waals surface area contributed by atoms with Gasteiger partial charge in [-0.3, -0.25) is 19.0 Å². The topological polar surface area (TPSA) is 101 Å². The number of carboxylic acid groups (broad SMARTS) is 1. The highest BCUT2D eigenvalue weighted by Gasteiger charge is 2.13. The number of aromatic nitrogens is 2. The SMILES string of the molecule is CCc1cc2c(=O)n(CC(=O)NCCC(=O)O)c(C)nc2s1. The molecule has 2 rings (SSSR count). The van der Waals surface area contributed by atoms with Gasteiger partial charge in [0.25, 0.3) is 5.56 Å². The molecule has 0 atom stereocenters. The molecule has 0 aromatic carbocycles. The fourth-order valence-corrected chi connectivity index (χ4v) is 3.04. The Kier molecular flexibility index (Phi) is 4.92. The van der Waals surface area contributed by atoms with E-state index in [4.69, 9.17) is 5.11 Å². The predicted molar refractivity (Wildman–Crippen MR) is 83.3 cm³/mol. The number of carboxylic acids is 1. The van der Waals surface area contributed by atoms with Crippen LogP contribution in [-0.2, 0) is 22.6 Å². The molecule has 0 aliphatic heterocycles. The number of carbonyl (C=O) groups excluding carboxylic acids is 1. The minimum Gasteiger partial charge on any atom is -0.481 e. The van der Waals surface area contributed by atoms with Gasteiger partial charge < -0.3 is 10.4 Å². The smallest absolute Gasteiger partial charge is 0.305 e. The van der Waals surface area contributed by atoms with Crippen molar-refractivity contribution in [3.05, 3.63) is 27.1 Å². The molecule has 22 heavy (non-hydrogen) atoms. The van der Waals surface area contributed by atoms with Gasteiger partial charge in [0.05, 0.1) is 11.8 Å². The largest absolute Gasteiger partial charge is 0.481 e. The van der Waals surface area contributed by atoms with Crippen molar-refractivity contribution in [3.8, 4) is 0 Å². The second-order valence-electron chi connectivity index (χ2n) is 4.83.